The number of aromatic nitrogens is 2. The molecule has 1 aromatic heterocycles. The van der Waals surface area contributed by atoms with Crippen molar-refractivity contribution in [3.63, 3.8) is 0 Å². The molecule has 3 unspecified atom stereocenters. The Bertz CT molecular complexity index is 349. The van der Waals surface area contributed by atoms with E-state index in [0.717, 1.165) is 24.6 Å². The zero-order chi connectivity index (χ0) is 10.3. The third-order valence-corrected chi connectivity index (χ3v) is 3.57. The van der Waals surface area contributed by atoms with Crippen molar-refractivity contribution >= 4 is 0 Å². The highest BCUT2D eigenvalue weighted by Crippen LogP contribution is 2.39. The van der Waals surface area contributed by atoms with Crippen molar-refractivity contribution in [1.29, 1.82) is 0 Å². The Balaban J connectivity index is 1.75. The van der Waals surface area contributed by atoms with Gasteiger partial charge >= 0.3 is 0 Å². The molecule has 4 heteroatoms. The summed E-state index contributed by atoms with van der Waals surface area (Å²) in [4.78, 5) is 4.48. The van der Waals surface area contributed by atoms with Crippen LogP contribution in [0.1, 0.15) is 50.2 Å². The number of aryl methyl sites for hydroxylation is 1. The van der Waals surface area contributed by atoms with Crippen LogP contribution in [0.15, 0.2) is 4.52 Å². The first kappa shape index (κ1) is 9.33. The van der Waals surface area contributed by atoms with Crippen molar-refractivity contribution < 1.29 is 4.52 Å². The SMILES string of the molecule is CCCc1noc(C2CC3CCC2N3)n1. The van der Waals surface area contributed by atoms with Gasteiger partial charge in [0.25, 0.3) is 0 Å². The van der Waals surface area contributed by atoms with Gasteiger partial charge in [-0.15, -0.1) is 0 Å². The minimum Gasteiger partial charge on any atom is -0.339 e. The summed E-state index contributed by atoms with van der Waals surface area (Å²) >= 11 is 0. The highest BCUT2D eigenvalue weighted by atomic mass is 16.5. The first-order chi connectivity index (χ1) is 7.36. The maximum Gasteiger partial charge on any atom is 0.231 e. The highest BCUT2D eigenvalue weighted by Gasteiger charge is 2.42. The molecule has 0 aliphatic carbocycles. The zero-order valence-corrected chi connectivity index (χ0v) is 9.07. The molecule has 3 atom stereocenters. The van der Waals surface area contributed by atoms with E-state index in [0.29, 0.717) is 18.0 Å². The van der Waals surface area contributed by atoms with E-state index < -0.39 is 0 Å². The van der Waals surface area contributed by atoms with Crippen LogP contribution >= 0.6 is 0 Å². The molecule has 1 aromatic rings. The van der Waals surface area contributed by atoms with Crippen LogP contribution < -0.4 is 5.32 Å². The van der Waals surface area contributed by atoms with Gasteiger partial charge in [0.05, 0.1) is 5.92 Å². The van der Waals surface area contributed by atoms with Crippen LogP contribution in [0.3, 0.4) is 0 Å². The second-order valence-electron chi connectivity index (χ2n) is 4.69. The van der Waals surface area contributed by atoms with Crippen LogP contribution in [0.25, 0.3) is 0 Å². The summed E-state index contributed by atoms with van der Waals surface area (Å²) in [5.74, 6) is 2.20. The molecule has 82 valence electrons. The van der Waals surface area contributed by atoms with Gasteiger partial charge in [0.2, 0.25) is 5.89 Å². The number of nitrogens with one attached hydrogen (secondary N) is 1. The molecule has 3 heterocycles. The van der Waals surface area contributed by atoms with Gasteiger partial charge in [-0.1, -0.05) is 12.1 Å². The van der Waals surface area contributed by atoms with Crippen LogP contribution in [-0.4, -0.2) is 22.2 Å². The Hall–Kier alpha value is -0.900. The van der Waals surface area contributed by atoms with E-state index in [1.807, 2.05) is 0 Å². The molecule has 2 aliphatic heterocycles. The first-order valence-corrected chi connectivity index (χ1v) is 5.95. The fourth-order valence-electron chi connectivity index (χ4n) is 2.84. The molecule has 3 rings (SSSR count). The van der Waals surface area contributed by atoms with Crippen molar-refractivity contribution in [2.75, 3.05) is 0 Å². The van der Waals surface area contributed by atoms with E-state index in [1.165, 1.54) is 19.3 Å². The second-order valence-corrected chi connectivity index (χ2v) is 4.69. The molecule has 0 spiro atoms. The van der Waals surface area contributed by atoms with E-state index in [9.17, 15) is 0 Å². The van der Waals surface area contributed by atoms with Crippen molar-refractivity contribution in [2.24, 2.45) is 0 Å². The minimum absolute atomic E-state index is 0.474. The lowest BCUT2D eigenvalue weighted by Gasteiger charge is -2.15. The van der Waals surface area contributed by atoms with Gasteiger partial charge in [-0.3, -0.25) is 0 Å². The summed E-state index contributed by atoms with van der Waals surface area (Å²) in [6, 6.07) is 1.28. The van der Waals surface area contributed by atoms with Crippen molar-refractivity contribution in [1.82, 2.24) is 15.5 Å². The summed E-state index contributed by atoms with van der Waals surface area (Å²) in [6.45, 7) is 2.13. The van der Waals surface area contributed by atoms with E-state index >= 15 is 0 Å². The Labute approximate surface area is 89.4 Å². The summed E-state index contributed by atoms with van der Waals surface area (Å²) in [5, 5.41) is 7.61. The predicted molar refractivity (Wildman–Crippen MR) is 55.6 cm³/mol. The largest absolute Gasteiger partial charge is 0.339 e. The molecule has 2 fully saturated rings. The Morgan fingerprint density at radius 2 is 2.40 bits per heavy atom. The Kier molecular flexibility index (Phi) is 2.24. The molecular formula is C11H17N3O. The smallest absolute Gasteiger partial charge is 0.231 e. The number of rotatable bonds is 3. The maximum absolute atomic E-state index is 5.35. The van der Waals surface area contributed by atoms with Crippen LogP contribution in [-0.2, 0) is 6.42 Å². The highest BCUT2D eigenvalue weighted by molar-refractivity contribution is 5.09. The average molecular weight is 207 g/mol. The summed E-state index contributed by atoms with van der Waals surface area (Å²) in [5.41, 5.74) is 0. The number of hydrogen-bond donors (Lipinski definition) is 1. The maximum atomic E-state index is 5.35. The van der Waals surface area contributed by atoms with Gasteiger partial charge in [0.1, 0.15) is 0 Å². The van der Waals surface area contributed by atoms with Gasteiger partial charge < -0.3 is 9.84 Å². The van der Waals surface area contributed by atoms with Crippen LogP contribution in [0.4, 0.5) is 0 Å². The van der Waals surface area contributed by atoms with E-state index in [1.54, 1.807) is 0 Å². The molecule has 0 amide bonds. The lowest BCUT2D eigenvalue weighted by Crippen LogP contribution is -2.21. The lowest BCUT2D eigenvalue weighted by molar-refractivity contribution is 0.327. The molecule has 0 saturated carbocycles. The molecule has 4 nitrogen and oxygen atoms in total. The second kappa shape index (κ2) is 3.59. The molecule has 2 aliphatic rings. The van der Waals surface area contributed by atoms with E-state index in [2.05, 4.69) is 22.4 Å². The van der Waals surface area contributed by atoms with Crippen molar-refractivity contribution in [3.05, 3.63) is 11.7 Å². The third kappa shape index (κ3) is 1.57. The standard InChI is InChI=1S/C11H17N3O/c1-2-3-10-13-11(15-14-10)8-6-7-4-5-9(8)12-7/h7-9,12H,2-6H2,1H3. The van der Waals surface area contributed by atoms with Gasteiger partial charge in [-0.25, -0.2) is 0 Å². The van der Waals surface area contributed by atoms with E-state index in [-0.39, 0.29) is 0 Å². The lowest BCUT2D eigenvalue weighted by atomic mass is 9.89. The molecule has 2 saturated heterocycles. The van der Waals surface area contributed by atoms with Crippen molar-refractivity contribution in [3.8, 4) is 0 Å². The Morgan fingerprint density at radius 3 is 3.07 bits per heavy atom. The summed E-state index contributed by atoms with van der Waals surface area (Å²) in [6.07, 6.45) is 5.77. The topological polar surface area (TPSA) is 51.0 Å². The minimum atomic E-state index is 0.474. The fraction of sp³-hybridized carbons (Fsp3) is 0.818. The van der Waals surface area contributed by atoms with Gasteiger partial charge in [-0.2, -0.15) is 4.98 Å². The number of hydrogen-bond acceptors (Lipinski definition) is 4. The van der Waals surface area contributed by atoms with Crippen LogP contribution in [0.2, 0.25) is 0 Å². The predicted octanol–water partition coefficient (Wildman–Crippen LogP) is 1.63. The molecule has 0 aromatic carbocycles. The summed E-state index contributed by atoms with van der Waals surface area (Å²) in [7, 11) is 0. The average Bonchev–Trinajstić information content (AvgIpc) is 2.91. The molecule has 1 N–H and O–H groups in total. The third-order valence-electron chi connectivity index (χ3n) is 3.57. The molecule has 0 radical (unpaired) electrons. The van der Waals surface area contributed by atoms with Gasteiger partial charge in [0, 0.05) is 18.5 Å². The van der Waals surface area contributed by atoms with Gasteiger partial charge in [0.15, 0.2) is 5.82 Å². The molecule has 15 heavy (non-hydrogen) atoms. The van der Waals surface area contributed by atoms with E-state index in [4.69, 9.17) is 4.52 Å². The van der Waals surface area contributed by atoms with Crippen molar-refractivity contribution in [2.45, 2.75) is 57.0 Å². The zero-order valence-electron chi connectivity index (χ0n) is 9.07. The molecular weight excluding hydrogens is 190 g/mol. The normalized spacial score (nSPS) is 33.8. The monoisotopic (exact) mass is 207 g/mol. The first-order valence-electron chi connectivity index (χ1n) is 5.95. The quantitative estimate of drug-likeness (QED) is 0.818. The number of nitrogens with zero attached hydrogens (tertiary/aromatic N) is 2. The fourth-order valence-corrected chi connectivity index (χ4v) is 2.84. The molecule has 2 bridgehead atoms. The Morgan fingerprint density at radius 1 is 1.47 bits per heavy atom. The van der Waals surface area contributed by atoms with Crippen LogP contribution in [0, 0.1) is 0 Å². The van der Waals surface area contributed by atoms with Gasteiger partial charge in [-0.05, 0) is 25.7 Å². The van der Waals surface area contributed by atoms with Crippen LogP contribution in [0.5, 0.6) is 0 Å². The summed E-state index contributed by atoms with van der Waals surface area (Å²) < 4.78 is 5.35. The number of fused-ring (bicyclic) bond motifs is 2.